The van der Waals surface area contributed by atoms with Crippen LogP contribution in [0.25, 0.3) is 0 Å². The molecule has 8 nitrogen and oxygen atoms in total. The number of carboxylic acid groups (broad SMARTS) is 2. The van der Waals surface area contributed by atoms with E-state index in [9.17, 15) is 19.2 Å². The largest absolute Gasteiger partial charge is 0.478 e. The summed E-state index contributed by atoms with van der Waals surface area (Å²) in [4.78, 5) is 50.2. The van der Waals surface area contributed by atoms with Crippen molar-refractivity contribution in [1.82, 2.24) is 0 Å². The van der Waals surface area contributed by atoms with Crippen LogP contribution in [0.5, 0.6) is 0 Å². The highest BCUT2D eigenvalue weighted by atomic mass is 32.2. The Morgan fingerprint density at radius 2 is 1.00 bits per heavy atom. The predicted octanol–water partition coefficient (Wildman–Crippen LogP) is 5.74. The smallest absolute Gasteiger partial charge is 0.339 e. The van der Waals surface area contributed by atoms with Crippen molar-refractivity contribution in [1.29, 1.82) is 0 Å². The fourth-order valence-corrected chi connectivity index (χ4v) is 5.04. The van der Waals surface area contributed by atoms with Crippen molar-refractivity contribution in [2.75, 3.05) is 13.2 Å². The molecule has 0 spiro atoms. The number of rotatable bonds is 10. The lowest BCUT2D eigenvalue weighted by Crippen LogP contribution is -2.12. The minimum atomic E-state index is -1.05. The number of esters is 2. The maximum Gasteiger partial charge on any atom is 0.339 e. The number of hydrogen-bond donors (Lipinski definition) is 2. The minimum absolute atomic E-state index is 0.128. The first-order chi connectivity index (χ1) is 17.2. The molecule has 0 aliphatic heterocycles. The van der Waals surface area contributed by atoms with Crippen LogP contribution in [-0.2, 0) is 9.47 Å². The average Bonchev–Trinajstić information content (AvgIpc) is 2.85. The van der Waals surface area contributed by atoms with E-state index in [4.69, 9.17) is 19.7 Å². The zero-order chi connectivity index (χ0) is 26.2. The van der Waals surface area contributed by atoms with E-state index < -0.39 is 23.9 Å². The van der Waals surface area contributed by atoms with Crippen molar-refractivity contribution < 1.29 is 38.9 Å². The molecule has 0 atom stereocenters. The molecule has 0 aliphatic carbocycles. The van der Waals surface area contributed by atoms with Crippen molar-refractivity contribution in [3.05, 3.63) is 82.9 Å². The zero-order valence-corrected chi connectivity index (χ0v) is 21.0. The molecule has 0 unspecified atom stereocenters. The van der Waals surface area contributed by atoms with Crippen molar-refractivity contribution >= 4 is 47.4 Å². The van der Waals surface area contributed by atoms with Crippen LogP contribution < -0.4 is 0 Å². The number of hydrogen-bond acceptors (Lipinski definition) is 8. The normalized spacial score (nSPS) is 10.5. The summed E-state index contributed by atoms with van der Waals surface area (Å²) in [7, 11) is 0. The summed E-state index contributed by atoms with van der Waals surface area (Å²) < 4.78 is 10.4. The summed E-state index contributed by atoms with van der Waals surface area (Å²) >= 11 is 2.43. The molecule has 0 amide bonds. The van der Waals surface area contributed by atoms with Crippen LogP contribution in [0.1, 0.15) is 55.3 Å². The molecule has 0 aromatic heterocycles. The Morgan fingerprint density at radius 1 is 0.639 bits per heavy atom. The summed E-state index contributed by atoms with van der Waals surface area (Å²) in [6, 6.07) is 15.4. The second kappa shape index (κ2) is 12.3. The van der Waals surface area contributed by atoms with Crippen molar-refractivity contribution in [3.63, 3.8) is 0 Å². The highest BCUT2D eigenvalue weighted by Crippen LogP contribution is 2.39. The number of ether oxygens (including phenoxy) is 2. The van der Waals surface area contributed by atoms with E-state index in [2.05, 4.69) is 0 Å². The molecule has 0 radical (unpaired) electrons. The van der Waals surface area contributed by atoms with Crippen molar-refractivity contribution in [3.8, 4) is 0 Å². The van der Waals surface area contributed by atoms with Gasteiger partial charge >= 0.3 is 23.9 Å². The van der Waals surface area contributed by atoms with Crippen LogP contribution in [-0.4, -0.2) is 47.3 Å². The summed E-state index contributed by atoms with van der Waals surface area (Å²) in [6.45, 7) is 3.62. The molecule has 186 valence electrons. The molecule has 0 bridgehead atoms. The number of aromatic carboxylic acids is 2. The van der Waals surface area contributed by atoms with Crippen LogP contribution in [0.2, 0.25) is 0 Å². The highest BCUT2D eigenvalue weighted by Gasteiger charge is 2.23. The van der Waals surface area contributed by atoms with Gasteiger partial charge in [0.05, 0.1) is 35.5 Å². The molecule has 0 saturated heterocycles. The molecule has 2 N–H and O–H groups in total. The van der Waals surface area contributed by atoms with Gasteiger partial charge in [-0.1, -0.05) is 23.5 Å². The standard InChI is InChI=1S/C26H22O8S2/c1-3-33-25(31)19-13-20(26(32)34-4-2)22(36-18-11-7-16(8-12-18)24(29)30)14-21(19)35-17-9-5-15(6-10-17)23(27)28/h5-14H,3-4H2,1-2H3,(H,27,28)(H,29,30). The Balaban J connectivity index is 2.09. The van der Waals surface area contributed by atoms with Crippen molar-refractivity contribution in [2.45, 2.75) is 33.4 Å². The fraction of sp³-hybridized carbons (Fsp3) is 0.154. The number of carbonyl (C=O) groups is 4. The van der Waals surface area contributed by atoms with E-state index in [1.165, 1.54) is 53.9 Å². The van der Waals surface area contributed by atoms with Gasteiger partial charge in [0.1, 0.15) is 0 Å². The first-order valence-corrected chi connectivity index (χ1v) is 12.4. The maximum absolute atomic E-state index is 12.8. The SMILES string of the molecule is CCOC(=O)c1cc(C(=O)OCC)c(Sc2ccc(C(=O)O)cc2)cc1Sc1ccc(C(=O)O)cc1. The lowest BCUT2D eigenvalue weighted by atomic mass is 10.1. The lowest BCUT2D eigenvalue weighted by molar-refractivity contribution is 0.0517. The molecule has 3 rings (SSSR count). The molecule has 3 aromatic rings. The van der Waals surface area contributed by atoms with Gasteiger partial charge in [0.2, 0.25) is 0 Å². The Labute approximate surface area is 215 Å². The van der Waals surface area contributed by atoms with Gasteiger partial charge in [-0.2, -0.15) is 0 Å². The van der Waals surface area contributed by atoms with Gasteiger partial charge in [-0.05, 0) is 74.5 Å². The summed E-state index contributed by atoms with van der Waals surface area (Å²) in [6.07, 6.45) is 0. The quantitative estimate of drug-likeness (QED) is 0.316. The van der Waals surface area contributed by atoms with Gasteiger partial charge in [0.25, 0.3) is 0 Å². The second-order valence-electron chi connectivity index (χ2n) is 7.15. The number of benzene rings is 3. The van der Waals surface area contributed by atoms with E-state index in [0.717, 1.165) is 0 Å². The molecular formula is C26H22O8S2. The Morgan fingerprint density at radius 3 is 1.31 bits per heavy atom. The summed E-state index contributed by atoms with van der Waals surface area (Å²) in [5.41, 5.74) is 0.586. The molecule has 3 aromatic carbocycles. The Kier molecular flexibility index (Phi) is 9.15. The zero-order valence-electron chi connectivity index (χ0n) is 19.3. The van der Waals surface area contributed by atoms with Crippen LogP contribution in [0.3, 0.4) is 0 Å². The Hall–Kier alpha value is -3.76. The molecule has 0 saturated carbocycles. The maximum atomic E-state index is 12.8. The highest BCUT2D eigenvalue weighted by molar-refractivity contribution is 8.00. The minimum Gasteiger partial charge on any atom is -0.478 e. The van der Waals surface area contributed by atoms with Gasteiger partial charge in [0.15, 0.2) is 0 Å². The molecule has 10 heteroatoms. The molecular weight excluding hydrogens is 504 g/mol. The van der Waals surface area contributed by atoms with Crippen LogP contribution in [0.15, 0.2) is 80.2 Å². The lowest BCUT2D eigenvalue weighted by Gasteiger charge is -2.15. The average molecular weight is 527 g/mol. The van der Waals surface area contributed by atoms with Crippen molar-refractivity contribution in [2.24, 2.45) is 0 Å². The molecule has 0 heterocycles. The van der Waals surface area contributed by atoms with Gasteiger partial charge in [-0.15, -0.1) is 0 Å². The third kappa shape index (κ3) is 6.67. The van der Waals surface area contributed by atoms with Gasteiger partial charge in [0, 0.05) is 19.6 Å². The van der Waals surface area contributed by atoms with E-state index in [-0.39, 0.29) is 35.5 Å². The third-order valence-electron chi connectivity index (χ3n) is 4.73. The van der Waals surface area contributed by atoms with Gasteiger partial charge < -0.3 is 19.7 Å². The van der Waals surface area contributed by atoms with Crippen LogP contribution >= 0.6 is 23.5 Å². The summed E-state index contributed by atoms with van der Waals surface area (Å²) in [5, 5.41) is 18.3. The number of carbonyl (C=O) groups excluding carboxylic acids is 2. The monoisotopic (exact) mass is 526 g/mol. The molecule has 36 heavy (non-hydrogen) atoms. The fourth-order valence-electron chi connectivity index (χ4n) is 3.05. The van der Waals surface area contributed by atoms with E-state index >= 15 is 0 Å². The van der Waals surface area contributed by atoms with E-state index in [1.54, 1.807) is 44.2 Å². The van der Waals surface area contributed by atoms with E-state index in [0.29, 0.717) is 19.6 Å². The summed E-state index contributed by atoms with van der Waals surface area (Å²) in [5.74, 6) is -3.33. The predicted molar refractivity (Wildman–Crippen MR) is 133 cm³/mol. The first kappa shape index (κ1) is 26.8. The molecule has 0 aliphatic rings. The van der Waals surface area contributed by atoms with Crippen LogP contribution in [0.4, 0.5) is 0 Å². The third-order valence-corrected chi connectivity index (χ3v) is 6.86. The topological polar surface area (TPSA) is 127 Å². The van der Waals surface area contributed by atoms with E-state index in [1.807, 2.05) is 0 Å². The van der Waals surface area contributed by atoms with Gasteiger partial charge in [-0.3, -0.25) is 0 Å². The Bertz CT molecular complexity index is 1190. The second-order valence-corrected chi connectivity index (χ2v) is 9.38. The number of carboxylic acids is 2. The first-order valence-electron chi connectivity index (χ1n) is 10.8. The molecule has 0 fully saturated rings. The van der Waals surface area contributed by atoms with Crippen LogP contribution in [0, 0.1) is 0 Å². The van der Waals surface area contributed by atoms with Gasteiger partial charge in [-0.25, -0.2) is 19.2 Å².